The number of hydrazone groups is 1. The van der Waals surface area contributed by atoms with Crippen LogP contribution in [0.3, 0.4) is 0 Å². The first kappa shape index (κ1) is 25.7. The summed E-state index contributed by atoms with van der Waals surface area (Å²) in [6, 6.07) is 12.4. The number of ether oxygens (including phenoxy) is 2. The molecule has 3 aromatic rings. The molecule has 0 saturated carbocycles. The van der Waals surface area contributed by atoms with Crippen molar-refractivity contribution in [2.24, 2.45) is 5.10 Å². The van der Waals surface area contributed by atoms with Crippen molar-refractivity contribution in [3.8, 4) is 22.8 Å². The van der Waals surface area contributed by atoms with Crippen molar-refractivity contribution in [3.63, 3.8) is 0 Å². The number of anilines is 1. The van der Waals surface area contributed by atoms with Crippen LogP contribution in [-0.2, 0) is 10.0 Å². The van der Waals surface area contributed by atoms with Gasteiger partial charge in [0.2, 0.25) is 15.2 Å². The number of thiazole rings is 1. The Kier molecular flexibility index (Phi) is 9.03. The van der Waals surface area contributed by atoms with Gasteiger partial charge in [-0.2, -0.15) is 9.41 Å². The highest BCUT2D eigenvalue weighted by molar-refractivity contribution is 7.89. The van der Waals surface area contributed by atoms with E-state index in [0.717, 1.165) is 24.0 Å². The van der Waals surface area contributed by atoms with Gasteiger partial charge in [-0.1, -0.05) is 32.0 Å². The number of methoxy groups -OCH3 is 2. The smallest absolute Gasteiger partial charge is 0.243 e. The third kappa shape index (κ3) is 5.94. The number of sulfonamides is 1. The van der Waals surface area contributed by atoms with Gasteiger partial charge in [0.25, 0.3) is 0 Å². The van der Waals surface area contributed by atoms with Gasteiger partial charge in [0, 0.05) is 29.6 Å². The number of aromatic nitrogens is 1. The molecule has 1 heterocycles. The normalized spacial score (nSPS) is 11.8. The maximum absolute atomic E-state index is 13.1. The van der Waals surface area contributed by atoms with Gasteiger partial charge >= 0.3 is 0 Å². The van der Waals surface area contributed by atoms with Crippen LogP contribution in [0, 0.1) is 0 Å². The Morgan fingerprint density at radius 3 is 2.50 bits per heavy atom. The van der Waals surface area contributed by atoms with Crippen LogP contribution >= 0.6 is 11.3 Å². The Bertz CT molecular complexity index is 1220. The fraction of sp³-hybridized carbons (Fsp3) is 0.333. The lowest BCUT2D eigenvalue weighted by molar-refractivity contribution is 0.354. The van der Waals surface area contributed by atoms with Crippen LogP contribution in [-0.4, -0.2) is 51.2 Å². The molecule has 0 unspecified atom stereocenters. The number of para-hydroxylation sites is 1. The minimum Gasteiger partial charge on any atom is -0.493 e. The van der Waals surface area contributed by atoms with E-state index >= 15 is 0 Å². The van der Waals surface area contributed by atoms with E-state index in [1.54, 1.807) is 42.9 Å². The molecule has 2 aromatic carbocycles. The standard InChI is InChI=1S/C24H30N4O4S2/c1-5-13-28(14-6-2)34(29,30)20-11-7-9-18(15-20)21-17-33-24(26-21)27-25-16-19-10-8-12-22(31-3)23(19)32-4/h7-12,15-17H,5-6,13-14H2,1-4H3,(H,26,27)/b25-16+. The molecule has 0 aliphatic carbocycles. The minimum atomic E-state index is -3.56. The third-order valence-corrected chi connectivity index (χ3v) is 7.66. The van der Waals surface area contributed by atoms with Crippen molar-refractivity contribution >= 4 is 32.7 Å². The van der Waals surface area contributed by atoms with Gasteiger partial charge in [0.1, 0.15) is 0 Å². The van der Waals surface area contributed by atoms with Crippen LogP contribution in [0.5, 0.6) is 11.5 Å². The Morgan fingerprint density at radius 1 is 1.09 bits per heavy atom. The van der Waals surface area contributed by atoms with Crippen LogP contribution in [0.1, 0.15) is 32.3 Å². The van der Waals surface area contributed by atoms with Gasteiger partial charge in [0.15, 0.2) is 11.5 Å². The highest BCUT2D eigenvalue weighted by Crippen LogP contribution is 2.30. The van der Waals surface area contributed by atoms with Crippen LogP contribution in [0.15, 0.2) is 57.8 Å². The first-order valence-corrected chi connectivity index (χ1v) is 13.3. The van der Waals surface area contributed by atoms with Crippen molar-refractivity contribution in [3.05, 3.63) is 53.4 Å². The molecule has 0 radical (unpaired) electrons. The summed E-state index contributed by atoms with van der Waals surface area (Å²) in [4.78, 5) is 4.83. The number of nitrogens with zero attached hydrogens (tertiary/aromatic N) is 3. The Hall–Kier alpha value is -2.95. The molecule has 0 amide bonds. The van der Waals surface area contributed by atoms with E-state index in [9.17, 15) is 8.42 Å². The molecular formula is C24H30N4O4S2. The van der Waals surface area contributed by atoms with Gasteiger partial charge in [0.05, 0.1) is 31.0 Å². The average molecular weight is 503 g/mol. The highest BCUT2D eigenvalue weighted by Gasteiger charge is 2.23. The molecule has 3 rings (SSSR count). The van der Waals surface area contributed by atoms with Crippen LogP contribution in [0.4, 0.5) is 5.13 Å². The molecule has 0 aliphatic heterocycles. The molecule has 0 spiro atoms. The summed E-state index contributed by atoms with van der Waals surface area (Å²) in [5.41, 5.74) is 5.09. The highest BCUT2D eigenvalue weighted by atomic mass is 32.2. The Balaban J connectivity index is 1.78. The zero-order valence-corrected chi connectivity index (χ0v) is 21.4. The van der Waals surface area contributed by atoms with E-state index in [0.29, 0.717) is 35.4 Å². The molecule has 182 valence electrons. The van der Waals surface area contributed by atoms with Gasteiger partial charge in [-0.15, -0.1) is 11.3 Å². The van der Waals surface area contributed by atoms with Gasteiger partial charge in [-0.3, -0.25) is 5.43 Å². The minimum absolute atomic E-state index is 0.276. The lowest BCUT2D eigenvalue weighted by atomic mass is 10.2. The van der Waals surface area contributed by atoms with Crippen LogP contribution in [0.2, 0.25) is 0 Å². The summed E-state index contributed by atoms with van der Waals surface area (Å²) in [6.45, 7) is 4.96. The summed E-state index contributed by atoms with van der Waals surface area (Å²) < 4.78 is 38.5. The summed E-state index contributed by atoms with van der Waals surface area (Å²) in [5.74, 6) is 1.21. The number of hydrogen-bond acceptors (Lipinski definition) is 8. The number of hydrogen-bond donors (Lipinski definition) is 1. The first-order valence-electron chi connectivity index (χ1n) is 11.0. The summed E-state index contributed by atoms with van der Waals surface area (Å²) in [7, 11) is -0.399. The van der Waals surface area contributed by atoms with E-state index in [4.69, 9.17) is 9.47 Å². The predicted octanol–water partition coefficient (Wildman–Crippen LogP) is 5.08. The largest absolute Gasteiger partial charge is 0.493 e. The van der Waals surface area contributed by atoms with E-state index in [1.807, 2.05) is 43.5 Å². The van der Waals surface area contributed by atoms with Crippen molar-refractivity contribution in [2.45, 2.75) is 31.6 Å². The predicted molar refractivity (Wildman–Crippen MR) is 138 cm³/mol. The topological polar surface area (TPSA) is 93.1 Å². The fourth-order valence-corrected chi connectivity index (χ4v) is 5.78. The Labute approximate surface area is 205 Å². The molecule has 8 nitrogen and oxygen atoms in total. The van der Waals surface area contributed by atoms with Gasteiger partial charge in [-0.25, -0.2) is 13.4 Å². The van der Waals surface area contributed by atoms with Crippen molar-refractivity contribution in [2.75, 3.05) is 32.7 Å². The van der Waals surface area contributed by atoms with Crippen LogP contribution < -0.4 is 14.9 Å². The first-order chi connectivity index (χ1) is 16.4. The molecule has 0 bridgehead atoms. The monoisotopic (exact) mass is 502 g/mol. The maximum Gasteiger partial charge on any atom is 0.243 e. The van der Waals surface area contributed by atoms with Gasteiger partial charge in [-0.05, 0) is 37.1 Å². The summed E-state index contributed by atoms with van der Waals surface area (Å²) in [6.07, 6.45) is 3.16. The molecule has 0 atom stereocenters. The van der Waals surface area contributed by atoms with E-state index in [1.165, 1.54) is 11.3 Å². The van der Waals surface area contributed by atoms with Crippen LogP contribution in [0.25, 0.3) is 11.3 Å². The van der Waals surface area contributed by atoms with Crippen molar-refractivity contribution < 1.29 is 17.9 Å². The number of rotatable bonds is 12. The molecule has 0 aliphatic rings. The zero-order chi connectivity index (χ0) is 24.6. The second-order valence-electron chi connectivity index (χ2n) is 7.42. The SMILES string of the molecule is CCCN(CCC)S(=O)(=O)c1cccc(-c2csc(N/N=C/c3cccc(OC)c3OC)n2)c1. The third-order valence-electron chi connectivity index (χ3n) is 5.02. The lowest BCUT2D eigenvalue weighted by Crippen LogP contribution is -2.32. The molecular weight excluding hydrogens is 472 g/mol. The quantitative estimate of drug-likeness (QED) is 0.274. The molecule has 0 saturated heterocycles. The second kappa shape index (κ2) is 12.0. The van der Waals surface area contributed by atoms with E-state index in [2.05, 4.69) is 15.5 Å². The maximum atomic E-state index is 13.1. The van der Waals surface area contributed by atoms with Crippen molar-refractivity contribution in [1.82, 2.24) is 9.29 Å². The number of nitrogens with one attached hydrogen (secondary N) is 1. The molecule has 1 aromatic heterocycles. The fourth-order valence-electron chi connectivity index (χ4n) is 3.44. The second-order valence-corrected chi connectivity index (χ2v) is 10.2. The lowest BCUT2D eigenvalue weighted by Gasteiger charge is -2.21. The molecule has 10 heteroatoms. The average Bonchev–Trinajstić information content (AvgIpc) is 3.32. The number of benzene rings is 2. The molecule has 34 heavy (non-hydrogen) atoms. The van der Waals surface area contributed by atoms with E-state index < -0.39 is 10.0 Å². The van der Waals surface area contributed by atoms with Crippen molar-refractivity contribution in [1.29, 1.82) is 0 Å². The van der Waals surface area contributed by atoms with Gasteiger partial charge < -0.3 is 9.47 Å². The zero-order valence-electron chi connectivity index (χ0n) is 19.8. The Morgan fingerprint density at radius 2 is 1.82 bits per heavy atom. The summed E-state index contributed by atoms with van der Waals surface area (Å²) in [5, 5.41) is 6.71. The molecule has 0 fully saturated rings. The summed E-state index contributed by atoms with van der Waals surface area (Å²) >= 11 is 1.38. The van der Waals surface area contributed by atoms with E-state index in [-0.39, 0.29) is 4.90 Å². The molecule has 1 N–H and O–H groups in total.